The summed E-state index contributed by atoms with van der Waals surface area (Å²) in [5.74, 6) is 0.833. The summed E-state index contributed by atoms with van der Waals surface area (Å²) >= 11 is 0. The van der Waals surface area contributed by atoms with Gasteiger partial charge in [-0.2, -0.15) is 0 Å². The van der Waals surface area contributed by atoms with Gasteiger partial charge < -0.3 is 0 Å². The van der Waals surface area contributed by atoms with Crippen LogP contribution >= 0.6 is 0 Å². The van der Waals surface area contributed by atoms with Gasteiger partial charge in [0.15, 0.2) is 0 Å². The molecule has 0 aromatic carbocycles. The van der Waals surface area contributed by atoms with Crippen molar-refractivity contribution in [3.05, 3.63) is 0 Å². The summed E-state index contributed by atoms with van der Waals surface area (Å²) in [6.45, 7) is 10.5. The molecule has 0 aliphatic carbocycles. The Hall–Kier alpha value is 0.0649. The monoisotopic (exact) mass is 131 g/mol. The molecule has 3 radical (unpaired) electrons. The van der Waals surface area contributed by atoms with Gasteiger partial charge in [-0.15, -0.1) is 0 Å². The van der Waals surface area contributed by atoms with Crippen molar-refractivity contribution in [1.82, 2.24) is 0 Å². The average Bonchev–Trinajstić information content (AvgIpc) is 1.41. The zero-order valence-electron chi connectivity index (χ0n) is 6.15. The van der Waals surface area contributed by atoms with Crippen LogP contribution in [0.25, 0.3) is 0 Å². The van der Waals surface area contributed by atoms with Crippen molar-refractivity contribution in [1.29, 1.82) is 0 Å². The maximum absolute atomic E-state index is 2.17. The second-order valence-corrected chi connectivity index (χ2v) is 1.73. The van der Waals surface area contributed by atoms with Crippen molar-refractivity contribution in [2.75, 3.05) is 0 Å². The molecule has 0 aromatic heterocycles. The summed E-state index contributed by atoms with van der Waals surface area (Å²) in [5.41, 5.74) is 0. The summed E-state index contributed by atoms with van der Waals surface area (Å²) in [7, 11) is 0. The SMILES string of the molecule is C.C.CC.CC(C)C.[B]. The Morgan fingerprint density at radius 2 is 0.778 bits per heavy atom. The summed E-state index contributed by atoms with van der Waals surface area (Å²) in [4.78, 5) is 0. The van der Waals surface area contributed by atoms with Crippen LogP contribution < -0.4 is 0 Å². The first-order valence-corrected chi connectivity index (χ1v) is 2.73. The zero-order chi connectivity index (χ0) is 5.58. The minimum absolute atomic E-state index is 0. The molecule has 0 aliphatic heterocycles. The molecule has 0 N–H and O–H groups in total. The van der Waals surface area contributed by atoms with Gasteiger partial charge in [-0.25, -0.2) is 0 Å². The van der Waals surface area contributed by atoms with Crippen molar-refractivity contribution in [3.8, 4) is 0 Å². The summed E-state index contributed by atoms with van der Waals surface area (Å²) < 4.78 is 0. The molecular formula is C8H24B. The number of hydrogen-bond acceptors (Lipinski definition) is 0. The highest BCUT2D eigenvalue weighted by atomic mass is 13.7. The van der Waals surface area contributed by atoms with Gasteiger partial charge in [-0.3, -0.25) is 0 Å². The van der Waals surface area contributed by atoms with Crippen LogP contribution in [-0.4, -0.2) is 8.41 Å². The van der Waals surface area contributed by atoms with E-state index >= 15 is 0 Å². The van der Waals surface area contributed by atoms with Gasteiger partial charge >= 0.3 is 0 Å². The lowest BCUT2D eigenvalue weighted by Gasteiger charge is -1.79. The Labute approximate surface area is 64.6 Å². The Morgan fingerprint density at radius 3 is 0.778 bits per heavy atom. The summed E-state index contributed by atoms with van der Waals surface area (Å²) in [5, 5.41) is 0. The molecule has 9 heavy (non-hydrogen) atoms. The quantitative estimate of drug-likeness (QED) is 0.441. The van der Waals surface area contributed by atoms with Crippen molar-refractivity contribution < 1.29 is 0 Å². The molecule has 0 atom stereocenters. The third kappa shape index (κ3) is 70400. The fraction of sp³-hybridized carbons (Fsp3) is 1.00. The van der Waals surface area contributed by atoms with Crippen LogP contribution in [0.5, 0.6) is 0 Å². The second-order valence-electron chi connectivity index (χ2n) is 1.73. The molecular weight excluding hydrogens is 107 g/mol. The van der Waals surface area contributed by atoms with Gasteiger partial charge in [-0.05, 0) is 5.92 Å². The molecule has 0 unspecified atom stereocenters. The molecule has 0 amide bonds. The first kappa shape index (κ1) is 35.7. The Bertz CT molecular complexity index is 9.28. The maximum atomic E-state index is 2.17. The van der Waals surface area contributed by atoms with E-state index in [-0.39, 0.29) is 23.3 Å². The topological polar surface area (TPSA) is 0 Å². The number of rotatable bonds is 0. The molecule has 0 fully saturated rings. The first-order valence-electron chi connectivity index (χ1n) is 2.73. The lowest BCUT2D eigenvalue weighted by atomic mass is 10.3. The minimum atomic E-state index is 0. The molecule has 1 heteroatoms. The average molecular weight is 131 g/mol. The van der Waals surface area contributed by atoms with E-state index in [1.165, 1.54) is 0 Å². The van der Waals surface area contributed by atoms with E-state index < -0.39 is 0 Å². The smallest absolute Gasteiger partial charge is 0 e. The van der Waals surface area contributed by atoms with Gasteiger partial charge in [-0.1, -0.05) is 49.5 Å². The fourth-order valence-corrected chi connectivity index (χ4v) is 0. The highest BCUT2D eigenvalue weighted by Gasteiger charge is 1.68. The lowest BCUT2D eigenvalue weighted by Crippen LogP contribution is -1.66. The van der Waals surface area contributed by atoms with Crippen molar-refractivity contribution >= 4 is 8.41 Å². The van der Waals surface area contributed by atoms with Gasteiger partial charge in [0, 0.05) is 8.41 Å². The highest BCUT2D eigenvalue weighted by Crippen LogP contribution is 1.81. The van der Waals surface area contributed by atoms with E-state index in [0.717, 1.165) is 5.92 Å². The van der Waals surface area contributed by atoms with Gasteiger partial charge in [0.25, 0.3) is 0 Å². The molecule has 0 bridgehead atoms. The third-order valence-corrected chi connectivity index (χ3v) is 0. The van der Waals surface area contributed by atoms with Crippen LogP contribution in [0.15, 0.2) is 0 Å². The lowest BCUT2D eigenvalue weighted by molar-refractivity contribution is 0.737. The molecule has 0 aromatic rings. The fourth-order valence-electron chi connectivity index (χ4n) is 0. The third-order valence-electron chi connectivity index (χ3n) is 0. The van der Waals surface area contributed by atoms with E-state index in [4.69, 9.17) is 0 Å². The highest BCUT2D eigenvalue weighted by molar-refractivity contribution is 5.75. The molecule has 0 rings (SSSR count). The largest absolute Gasteiger partial charge is 0.0776 e. The first-order chi connectivity index (χ1) is 2.73. The molecule has 0 spiro atoms. The van der Waals surface area contributed by atoms with E-state index in [1.807, 2.05) is 13.8 Å². The normalized spacial score (nSPS) is 4.67. The second kappa shape index (κ2) is 42.9. The predicted molar refractivity (Wildman–Crippen MR) is 51.1 cm³/mol. The van der Waals surface area contributed by atoms with Crippen molar-refractivity contribution in [3.63, 3.8) is 0 Å². The summed E-state index contributed by atoms with van der Waals surface area (Å²) in [6.07, 6.45) is 0. The van der Waals surface area contributed by atoms with E-state index in [9.17, 15) is 0 Å². The molecule has 0 saturated heterocycles. The Morgan fingerprint density at radius 1 is 0.778 bits per heavy atom. The Kier molecular flexibility index (Phi) is 170. The summed E-state index contributed by atoms with van der Waals surface area (Å²) in [6, 6.07) is 0. The van der Waals surface area contributed by atoms with E-state index in [1.54, 1.807) is 0 Å². The van der Waals surface area contributed by atoms with Crippen LogP contribution in [0.2, 0.25) is 0 Å². The molecule has 0 saturated carbocycles. The molecule has 0 aliphatic rings. The minimum Gasteiger partial charge on any atom is -0.0776 e. The van der Waals surface area contributed by atoms with Crippen LogP contribution in [0.3, 0.4) is 0 Å². The van der Waals surface area contributed by atoms with E-state index in [0.29, 0.717) is 0 Å². The standard InChI is InChI=1S/C4H10.C2H6.2CH4.B/c1-4(2)3;1-2;;;/h4H,1-3H3;1-2H3;2*1H4;. The number of hydrogen-bond donors (Lipinski definition) is 0. The van der Waals surface area contributed by atoms with E-state index in [2.05, 4.69) is 20.8 Å². The molecule has 59 valence electrons. The van der Waals surface area contributed by atoms with Gasteiger partial charge in [0.1, 0.15) is 0 Å². The molecule has 0 nitrogen and oxygen atoms in total. The van der Waals surface area contributed by atoms with Crippen LogP contribution in [0.4, 0.5) is 0 Å². The molecule has 0 heterocycles. The van der Waals surface area contributed by atoms with Gasteiger partial charge in [0.2, 0.25) is 0 Å². The van der Waals surface area contributed by atoms with Gasteiger partial charge in [0.05, 0.1) is 0 Å². The zero-order valence-corrected chi connectivity index (χ0v) is 6.15. The van der Waals surface area contributed by atoms with Crippen LogP contribution in [-0.2, 0) is 0 Å². The Balaban J connectivity index is -0.00000000990. The van der Waals surface area contributed by atoms with Crippen molar-refractivity contribution in [2.45, 2.75) is 49.5 Å². The predicted octanol–water partition coefficient (Wildman–Crippen LogP) is 3.58. The van der Waals surface area contributed by atoms with Crippen molar-refractivity contribution in [2.24, 2.45) is 5.92 Å². The maximum Gasteiger partial charge on any atom is 0 e. The van der Waals surface area contributed by atoms with Crippen LogP contribution in [0.1, 0.15) is 49.5 Å². The van der Waals surface area contributed by atoms with Crippen LogP contribution in [0, 0.1) is 5.92 Å².